The van der Waals surface area contributed by atoms with Crippen LogP contribution in [0.15, 0.2) is 30.3 Å². The fourth-order valence-corrected chi connectivity index (χ4v) is 3.65. The van der Waals surface area contributed by atoms with Gasteiger partial charge in [-0.25, -0.2) is 0 Å². The van der Waals surface area contributed by atoms with Gasteiger partial charge in [-0.3, -0.25) is 9.89 Å². The van der Waals surface area contributed by atoms with Crippen LogP contribution in [0, 0.1) is 5.92 Å². The number of amides is 1. The molecule has 1 aromatic carbocycles. The normalized spacial score (nSPS) is 16.4. The highest BCUT2D eigenvalue weighted by Crippen LogP contribution is 2.32. The van der Waals surface area contributed by atoms with Crippen molar-refractivity contribution in [2.24, 2.45) is 5.92 Å². The van der Waals surface area contributed by atoms with Crippen LogP contribution in [-0.2, 0) is 6.18 Å². The number of carbonyl (C=O) groups is 1. The largest absolute Gasteiger partial charge is 0.416 e. The maximum Gasteiger partial charge on any atom is 0.416 e. The number of hydrogen-bond acceptors (Lipinski definition) is 3. The van der Waals surface area contributed by atoms with Crippen LogP contribution in [0.2, 0.25) is 0 Å². The van der Waals surface area contributed by atoms with Gasteiger partial charge in [-0.1, -0.05) is 12.1 Å². The molecule has 1 fully saturated rings. The fraction of sp³-hybridized carbons (Fsp3) is 0.500. The van der Waals surface area contributed by atoms with Crippen molar-refractivity contribution in [1.29, 1.82) is 0 Å². The molecule has 1 aliphatic rings. The predicted octanol–water partition coefficient (Wildman–Crippen LogP) is 4.11. The van der Waals surface area contributed by atoms with Gasteiger partial charge in [0.05, 0.1) is 16.9 Å². The first-order valence-electron chi connectivity index (χ1n) is 9.27. The molecule has 1 saturated heterocycles. The third kappa shape index (κ3) is 4.92. The van der Waals surface area contributed by atoms with Gasteiger partial charge in [-0.2, -0.15) is 18.3 Å². The van der Waals surface area contributed by atoms with E-state index in [2.05, 4.69) is 10.2 Å². The fourth-order valence-electron chi connectivity index (χ4n) is 3.65. The monoisotopic (exact) mass is 395 g/mol. The summed E-state index contributed by atoms with van der Waals surface area (Å²) in [5, 5.41) is 16.6. The van der Waals surface area contributed by atoms with E-state index in [9.17, 15) is 23.1 Å². The summed E-state index contributed by atoms with van der Waals surface area (Å²) < 4.78 is 38.7. The summed E-state index contributed by atoms with van der Waals surface area (Å²) in [6.07, 6.45) is -2.12. The van der Waals surface area contributed by atoms with E-state index in [1.165, 1.54) is 18.2 Å². The van der Waals surface area contributed by atoms with E-state index < -0.39 is 17.3 Å². The number of likely N-dealkylation sites (tertiary alicyclic amines) is 1. The Kier molecular flexibility index (Phi) is 5.52. The van der Waals surface area contributed by atoms with E-state index in [1.807, 2.05) is 0 Å². The number of H-pyrrole nitrogens is 1. The highest BCUT2D eigenvalue weighted by molar-refractivity contribution is 5.93. The SMILES string of the molecule is CC(C)(O)CC1CCN(C(=O)c2cc(-c3cccc(C(F)(F)F)c3)n[nH]2)CC1. The summed E-state index contributed by atoms with van der Waals surface area (Å²) in [6, 6.07) is 6.36. The molecule has 2 aromatic rings. The summed E-state index contributed by atoms with van der Waals surface area (Å²) >= 11 is 0. The van der Waals surface area contributed by atoms with Crippen molar-refractivity contribution in [3.63, 3.8) is 0 Å². The van der Waals surface area contributed by atoms with Gasteiger partial charge in [0.15, 0.2) is 0 Å². The molecule has 5 nitrogen and oxygen atoms in total. The van der Waals surface area contributed by atoms with Crippen LogP contribution in [0.25, 0.3) is 11.3 Å². The number of aromatic nitrogens is 2. The lowest BCUT2D eigenvalue weighted by atomic mass is 9.86. The number of aliphatic hydroxyl groups is 1. The summed E-state index contributed by atoms with van der Waals surface area (Å²) in [5.74, 6) is 0.152. The van der Waals surface area contributed by atoms with Crippen molar-refractivity contribution in [1.82, 2.24) is 15.1 Å². The molecule has 1 aromatic heterocycles. The van der Waals surface area contributed by atoms with E-state index >= 15 is 0 Å². The molecule has 0 unspecified atom stereocenters. The van der Waals surface area contributed by atoms with E-state index in [0.29, 0.717) is 36.7 Å². The lowest BCUT2D eigenvalue weighted by Crippen LogP contribution is -2.40. The molecule has 0 radical (unpaired) electrons. The summed E-state index contributed by atoms with van der Waals surface area (Å²) in [7, 11) is 0. The van der Waals surface area contributed by atoms with Crippen molar-refractivity contribution in [2.45, 2.75) is 44.9 Å². The second-order valence-electron chi connectivity index (χ2n) is 8.00. The lowest BCUT2D eigenvalue weighted by Gasteiger charge is -2.34. The first-order valence-corrected chi connectivity index (χ1v) is 9.27. The minimum atomic E-state index is -4.43. The Morgan fingerprint density at radius 3 is 2.54 bits per heavy atom. The first-order chi connectivity index (χ1) is 13.0. The van der Waals surface area contributed by atoms with Gasteiger partial charge in [0, 0.05) is 18.7 Å². The number of halogens is 3. The molecule has 8 heteroatoms. The van der Waals surface area contributed by atoms with Crippen molar-refractivity contribution in [3.8, 4) is 11.3 Å². The Morgan fingerprint density at radius 1 is 1.25 bits per heavy atom. The van der Waals surface area contributed by atoms with Crippen LogP contribution in [0.1, 0.15) is 49.2 Å². The molecule has 0 saturated carbocycles. The highest BCUT2D eigenvalue weighted by atomic mass is 19.4. The van der Waals surface area contributed by atoms with Crippen molar-refractivity contribution >= 4 is 5.91 Å². The third-order valence-corrected chi connectivity index (χ3v) is 4.98. The number of benzene rings is 1. The first kappa shape index (κ1) is 20.4. The van der Waals surface area contributed by atoms with Crippen LogP contribution in [0.3, 0.4) is 0 Å². The molecular weight excluding hydrogens is 371 g/mol. The molecule has 2 N–H and O–H groups in total. The summed E-state index contributed by atoms with van der Waals surface area (Å²) in [4.78, 5) is 14.4. The third-order valence-electron chi connectivity index (χ3n) is 4.98. The average molecular weight is 395 g/mol. The van der Waals surface area contributed by atoms with Crippen LogP contribution in [0.5, 0.6) is 0 Å². The van der Waals surface area contributed by atoms with Crippen LogP contribution in [0.4, 0.5) is 13.2 Å². The maximum absolute atomic E-state index is 12.9. The van der Waals surface area contributed by atoms with E-state index in [-0.39, 0.29) is 11.6 Å². The molecular formula is C20H24F3N3O2. The molecule has 3 rings (SSSR count). The Bertz CT molecular complexity index is 832. The Morgan fingerprint density at radius 2 is 1.93 bits per heavy atom. The second-order valence-corrected chi connectivity index (χ2v) is 8.00. The summed E-state index contributed by atoms with van der Waals surface area (Å²) in [6.45, 7) is 4.73. The van der Waals surface area contributed by atoms with Gasteiger partial charge in [0.1, 0.15) is 5.69 Å². The number of aromatic amines is 1. The second kappa shape index (κ2) is 7.58. The zero-order valence-corrected chi connectivity index (χ0v) is 15.9. The van der Waals surface area contributed by atoms with Crippen LogP contribution >= 0.6 is 0 Å². The number of nitrogens with one attached hydrogen (secondary N) is 1. The number of hydrogen-bond donors (Lipinski definition) is 2. The van der Waals surface area contributed by atoms with Gasteiger partial charge in [0.25, 0.3) is 5.91 Å². The highest BCUT2D eigenvalue weighted by Gasteiger charge is 2.31. The molecule has 1 amide bonds. The van der Waals surface area contributed by atoms with E-state index in [0.717, 1.165) is 25.0 Å². The van der Waals surface area contributed by atoms with Gasteiger partial charge >= 0.3 is 6.18 Å². The van der Waals surface area contributed by atoms with E-state index in [1.54, 1.807) is 18.7 Å². The molecule has 0 aliphatic carbocycles. The minimum Gasteiger partial charge on any atom is -0.390 e. The lowest BCUT2D eigenvalue weighted by molar-refractivity contribution is -0.137. The molecule has 0 spiro atoms. The number of alkyl halides is 3. The summed E-state index contributed by atoms with van der Waals surface area (Å²) in [5.41, 5.74) is -0.622. The topological polar surface area (TPSA) is 69.2 Å². The molecule has 2 heterocycles. The Labute approximate surface area is 161 Å². The van der Waals surface area contributed by atoms with Crippen LogP contribution < -0.4 is 0 Å². The van der Waals surface area contributed by atoms with Crippen LogP contribution in [-0.4, -0.2) is 44.8 Å². The average Bonchev–Trinajstić information content (AvgIpc) is 3.10. The van der Waals surface area contributed by atoms with Gasteiger partial charge in [-0.15, -0.1) is 0 Å². The van der Waals surface area contributed by atoms with Gasteiger partial charge in [0.2, 0.25) is 0 Å². The quantitative estimate of drug-likeness (QED) is 0.819. The van der Waals surface area contributed by atoms with Crippen molar-refractivity contribution in [3.05, 3.63) is 41.6 Å². The standard InChI is InChI=1S/C20H24F3N3O2/c1-19(2,28)12-13-6-8-26(9-7-13)18(27)17-11-16(24-25-17)14-4-3-5-15(10-14)20(21,22)23/h3-5,10-11,13,28H,6-9,12H2,1-2H3,(H,24,25). The number of nitrogens with zero attached hydrogens (tertiary/aromatic N) is 2. The Balaban J connectivity index is 1.67. The molecule has 152 valence electrons. The Hall–Kier alpha value is -2.35. The molecule has 28 heavy (non-hydrogen) atoms. The molecule has 0 atom stereocenters. The zero-order valence-electron chi connectivity index (χ0n) is 15.9. The molecule has 1 aliphatic heterocycles. The minimum absolute atomic E-state index is 0.215. The smallest absolute Gasteiger partial charge is 0.390 e. The van der Waals surface area contributed by atoms with E-state index in [4.69, 9.17) is 0 Å². The number of carbonyl (C=O) groups excluding carboxylic acids is 1. The maximum atomic E-state index is 12.9. The van der Waals surface area contributed by atoms with Crippen molar-refractivity contribution < 1.29 is 23.1 Å². The number of piperidine rings is 1. The van der Waals surface area contributed by atoms with Gasteiger partial charge in [-0.05, 0) is 57.2 Å². The molecule has 0 bridgehead atoms. The van der Waals surface area contributed by atoms with Crippen molar-refractivity contribution in [2.75, 3.05) is 13.1 Å². The predicted molar refractivity (Wildman–Crippen MR) is 98.6 cm³/mol. The number of rotatable bonds is 4. The van der Waals surface area contributed by atoms with Gasteiger partial charge < -0.3 is 10.0 Å². The zero-order chi connectivity index (χ0) is 20.5.